The third-order valence-corrected chi connectivity index (χ3v) is 2.40. The summed E-state index contributed by atoms with van der Waals surface area (Å²) in [5.74, 6) is 1.19. The van der Waals surface area contributed by atoms with Crippen LogP contribution >= 0.6 is 0 Å². The van der Waals surface area contributed by atoms with E-state index in [-0.39, 0.29) is 0 Å². The maximum atomic E-state index is 4.40. The summed E-state index contributed by atoms with van der Waals surface area (Å²) in [5, 5.41) is 0. The van der Waals surface area contributed by atoms with Crippen molar-refractivity contribution in [3.05, 3.63) is 55.2 Å². The summed E-state index contributed by atoms with van der Waals surface area (Å²) < 4.78 is 0. The molecule has 0 atom stereocenters. The molecule has 0 aliphatic heterocycles. The van der Waals surface area contributed by atoms with Gasteiger partial charge in [-0.25, -0.2) is 15.0 Å². The van der Waals surface area contributed by atoms with Gasteiger partial charge in [-0.15, -0.1) is 0 Å². The van der Waals surface area contributed by atoms with Gasteiger partial charge < -0.3 is 0 Å². The Bertz CT molecular complexity index is 585. The first kappa shape index (κ1) is 10.5. The van der Waals surface area contributed by atoms with E-state index in [9.17, 15) is 0 Å². The minimum Gasteiger partial charge on any atom is -0.265 e. The Kier molecular flexibility index (Phi) is 2.71. The standard InChI is InChI=1S/C13H9N5/c1-2-6-15-11(3-1)13-17-9-16-12(18-13)10-4-7-14-8-5-10/h1-9H. The summed E-state index contributed by atoms with van der Waals surface area (Å²) in [7, 11) is 0. The predicted octanol–water partition coefficient (Wildman–Crippen LogP) is 2.00. The van der Waals surface area contributed by atoms with Gasteiger partial charge in [-0.2, -0.15) is 0 Å². The van der Waals surface area contributed by atoms with Crippen LogP contribution in [-0.2, 0) is 0 Å². The Morgan fingerprint density at radius 3 is 2.33 bits per heavy atom. The minimum absolute atomic E-state index is 0.567. The molecule has 5 heteroatoms. The Morgan fingerprint density at radius 1 is 0.722 bits per heavy atom. The first-order valence-corrected chi connectivity index (χ1v) is 5.44. The molecule has 0 fully saturated rings. The van der Waals surface area contributed by atoms with E-state index in [0.29, 0.717) is 11.6 Å². The topological polar surface area (TPSA) is 64.5 Å². The van der Waals surface area contributed by atoms with Gasteiger partial charge in [0.2, 0.25) is 0 Å². The highest BCUT2D eigenvalue weighted by Gasteiger charge is 2.05. The Hall–Kier alpha value is -2.69. The number of hydrogen-bond acceptors (Lipinski definition) is 5. The van der Waals surface area contributed by atoms with Crippen LogP contribution in [0.5, 0.6) is 0 Å². The lowest BCUT2D eigenvalue weighted by Crippen LogP contribution is -1.96. The molecule has 0 bridgehead atoms. The van der Waals surface area contributed by atoms with Crippen LogP contribution < -0.4 is 0 Å². The number of hydrogen-bond donors (Lipinski definition) is 0. The van der Waals surface area contributed by atoms with E-state index >= 15 is 0 Å². The molecule has 3 aromatic rings. The molecule has 0 spiro atoms. The maximum Gasteiger partial charge on any atom is 0.181 e. The van der Waals surface area contributed by atoms with E-state index in [1.54, 1.807) is 18.6 Å². The van der Waals surface area contributed by atoms with Crippen molar-refractivity contribution in [2.24, 2.45) is 0 Å². The molecule has 0 aliphatic rings. The molecular formula is C13H9N5. The molecule has 0 unspecified atom stereocenters. The molecule has 3 rings (SSSR count). The molecule has 5 nitrogen and oxygen atoms in total. The molecule has 0 saturated carbocycles. The quantitative estimate of drug-likeness (QED) is 0.679. The fourth-order valence-electron chi connectivity index (χ4n) is 1.55. The molecule has 3 aromatic heterocycles. The van der Waals surface area contributed by atoms with Crippen LogP contribution in [0.15, 0.2) is 55.2 Å². The van der Waals surface area contributed by atoms with Crippen LogP contribution in [0.2, 0.25) is 0 Å². The zero-order valence-corrected chi connectivity index (χ0v) is 9.43. The summed E-state index contributed by atoms with van der Waals surface area (Å²) in [4.78, 5) is 20.9. The Balaban J connectivity index is 2.05. The van der Waals surface area contributed by atoms with Gasteiger partial charge in [0, 0.05) is 24.2 Å². The lowest BCUT2D eigenvalue weighted by atomic mass is 10.2. The molecule has 3 heterocycles. The average molecular weight is 235 g/mol. The van der Waals surface area contributed by atoms with E-state index in [0.717, 1.165) is 11.3 Å². The second-order valence-corrected chi connectivity index (χ2v) is 3.58. The lowest BCUT2D eigenvalue weighted by Gasteiger charge is -2.01. The fraction of sp³-hybridized carbons (Fsp3) is 0. The molecule has 86 valence electrons. The highest BCUT2D eigenvalue weighted by atomic mass is 15.0. The third kappa shape index (κ3) is 2.06. The zero-order valence-electron chi connectivity index (χ0n) is 9.43. The summed E-state index contributed by atoms with van der Waals surface area (Å²) in [6, 6.07) is 9.34. The van der Waals surface area contributed by atoms with Gasteiger partial charge in [0.05, 0.1) is 0 Å². The Morgan fingerprint density at radius 2 is 1.56 bits per heavy atom. The SMILES string of the molecule is c1ccc(-c2ncnc(-c3ccncc3)n2)nc1. The van der Waals surface area contributed by atoms with Crippen molar-refractivity contribution < 1.29 is 0 Å². The van der Waals surface area contributed by atoms with Crippen LogP contribution in [-0.4, -0.2) is 24.9 Å². The average Bonchev–Trinajstić information content (AvgIpc) is 2.49. The summed E-state index contributed by atoms with van der Waals surface area (Å²) in [6.45, 7) is 0. The molecule has 0 N–H and O–H groups in total. The van der Waals surface area contributed by atoms with E-state index in [1.807, 2.05) is 30.3 Å². The van der Waals surface area contributed by atoms with Gasteiger partial charge >= 0.3 is 0 Å². The molecule has 0 radical (unpaired) electrons. The molecule has 0 aromatic carbocycles. The van der Waals surface area contributed by atoms with Crippen molar-refractivity contribution in [3.8, 4) is 22.9 Å². The highest BCUT2D eigenvalue weighted by Crippen LogP contribution is 2.16. The van der Waals surface area contributed by atoms with Crippen LogP contribution in [0.4, 0.5) is 0 Å². The number of pyridine rings is 2. The lowest BCUT2D eigenvalue weighted by molar-refractivity contribution is 1.05. The predicted molar refractivity (Wildman–Crippen MR) is 66.3 cm³/mol. The van der Waals surface area contributed by atoms with Gasteiger partial charge in [0.15, 0.2) is 11.6 Å². The molecule has 0 saturated heterocycles. The van der Waals surface area contributed by atoms with Crippen molar-refractivity contribution in [2.45, 2.75) is 0 Å². The third-order valence-electron chi connectivity index (χ3n) is 2.40. The maximum absolute atomic E-state index is 4.40. The second-order valence-electron chi connectivity index (χ2n) is 3.58. The smallest absolute Gasteiger partial charge is 0.181 e. The normalized spacial score (nSPS) is 10.2. The van der Waals surface area contributed by atoms with Crippen LogP contribution in [0, 0.1) is 0 Å². The van der Waals surface area contributed by atoms with Crippen LogP contribution in [0.1, 0.15) is 0 Å². The largest absolute Gasteiger partial charge is 0.265 e. The van der Waals surface area contributed by atoms with E-state index in [1.165, 1.54) is 6.33 Å². The monoisotopic (exact) mass is 235 g/mol. The van der Waals surface area contributed by atoms with E-state index in [4.69, 9.17) is 0 Å². The first-order valence-electron chi connectivity index (χ1n) is 5.44. The van der Waals surface area contributed by atoms with E-state index in [2.05, 4.69) is 24.9 Å². The van der Waals surface area contributed by atoms with Gasteiger partial charge in [0.1, 0.15) is 12.0 Å². The van der Waals surface area contributed by atoms with E-state index < -0.39 is 0 Å². The Labute approximate surface area is 104 Å². The summed E-state index contributed by atoms with van der Waals surface area (Å²) in [6.07, 6.45) is 6.62. The molecule has 0 aliphatic carbocycles. The second kappa shape index (κ2) is 4.67. The number of rotatable bonds is 2. The van der Waals surface area contributed by atoms with Crippen molar-refractivity contribution >= 4 is 0 Å². The highest BCUT2D eigenvalue weighted by molar-refractivity contribution is 5.57. The van der Waals surface area contributed by atoms with Gasteiger partial charge in [-0.05, 0) is 24.3 Å². The van der Waals surface area contributed by atoms with Crippen molar-refractivity contribution in [3.63, 3.8) is 0 Å². The van der Waals surface area contributed by atoms with Crippen molar-refractivity contribution in [1.29, 1.82) is 0 Å². The van der Waals surface area contributed by atoms with Gasteiger partial charge in [0.25, 0.3) is 0 Å². The zero-order chi connectivity index (χ0) is 12.2. The molecule has 18 heavy (non-hydrogen) atoms. The molecule has 0 amide bonds. The number of aromatic nitrogens is 5. The molecular weight excluding hydrogens is 226 g/mol. The first-order chi connectivity index (χ1) is 8.93. The summed E-state index contributed by atoms with van der Waals surface area (Å²) in [5.41, 5.74) is 1.64. The van der Waals surface area contributed by atoms with Crippen LogP contribution in [0.3, 0.4) is 0 Å². The van der Waals surface area contributed by atoms with Crippen LogP contribution in [0.25, 0.3) is 22.9 Å². The van der Waals surface area contributed by atoms with Crippen molar-refractivity contribution in [2.75, 3.05) is 0 Å². The minimum atomic E-state index is 0.567. The van der Waals surface area contributed by atoms with Gasteiger partial charge in [-0.3, -0.25) is 9.97 Å². The van der Waals surface area contributed by atoms with Crippen molar-refractivity contribution in [1.82, 2.24) is 24.9 Å². The fourth-order valence-corrected chi connectivity index (χ4v) is 1.55. The number of nitrogens with zero attached hydrogens (tertiary/aromatic N) is 5. The summed E-state index contributed by atoms with van der Waals surface area (Å²) >= 11 is 0. The van der Waals surface area contributed by atoms with Gasteiger partial charge in [-0.1, -0.05) is 6.07 Å².